The summed E-state index contributed by atoms with van der Waals surface area (Å²) in [5.74, 6) is -0.321. The van der Waals surface area contributed by atoms with Crippen molar-refractivity contribution < 1.29 is 13.2 Å². The fourth-order valence-corrected chi connectivity index (χ4v) is 6.96. The minimum atomic E-state index is -3.80. The lowest BCUT2D eigenvalue weighted by molar-refractivity contribution is 0.0786. The summed E-state index contributed by atoms with van der Waals surface area (Å²) in [4.78, 5) is 15.1. The van der Waals surface area contributed by atoms with Crippen molar-refractivity contribution in [3.63, 3.8) is 0 Å². The van der Waals surface area contributed by atoms with E-state index < -0.39 is 10.0 Å². The molecule has 0 spiro atoms. The van der Waals surface area contributed by atoms with Gasteiger partial charge in [0.2, 0.25) is 10.0 Å². The second kappa shape index (κ2) is 9.17. The summed E-state index contributed by atoms with van der Waals surface area (Å²) in [6.07, 6.45) is 4.25. The van der Waals surface area contributed by atoms with Crippen LogP contribution in [0, 0.1) is 0 Å². The highest BCUT2D eigenvalue weighted by molar-refractivity contribution is 7.89. The molecule has 0 saturated carbocycles. The molecule has 3 heterocycles. The maximum atomic E-state index is 13.5. The molecule has 174 valence electrons. The third-order valence-corrected chi connectivity index (χ3v) is 8.88. The molecule has 0 aliphatic carbocycles. The van der Waals surface area contributed by atoms with Crippen LogP contribution in [-0.4, -0.2) is 46.9 Å². The Bertz CT molecular complexity index is 1430. The van der Waals surface area contributed by atoms with E-state index in [1.807, 2.05) is 60.8 Å². The summed E-state index contributed by atoms with van der Waals surface area (Å²) in [7, 11) is -2.12. The summed E-state index contributed by atoms with van der Waals surface area (Å²) in [5.41, 5.74) is 3.96. The summed E-state index contributed by atoms with van der Waals surface area (Å²) in [5, 5.41) is 6.04. The van der Waals surface area contributed by atoms with Gasteiger partial charge >= 0.3 is 0 Å². The number of thiophene rings is 1. The fourth-order valence-electron chi connectivity index (χ4n) is 4.15. The molecule has 1 amide bonds. The predicted molar refractivity (Wildman–Crippen MR) is 131 cm³/mol. The third kappa shape index (κ3) is 4.29. The Morgan fingerprint density at radius 2 is 1.79 bits per heavy atom. The van der Waals surface area contributed by atoms with Crippen LogP contribution >= 0.6 is 11.3 Å². The zero-order chi connectivity index (χ0) is 23.7. The number of benzene rings is 2. The number of carbonyl (C=O) groups is 1. The molecule has 4 aromatic rings. The molecule has 0 unspecified atom stereocenters. The molecule has 1 aliphatic heterocycles. The molecule has 7 nitrogen and oxygen atoms in total. The molecule has 0 atom stereocenters. The number of sulfonamides is 1. The van der Waals surface area contributed by atoms with Gasteiger partial charge in [0.15, 0.2) is 0 Å². The van der Waals surface area contributed by atoms with Gasteiger partial charge in [-0.2, -0.15) is 9.40 Å². The van der Waals surface area contributed by atoms with E-state index in [9.17, 15) is 13.2 Å². The molecule has 2 aromatic carbocycles. The molecule has 0 bridgehead atoms. The molecule has 2 aromatic heterocycles. The minimum Gasteiger partial charge on any atom is -0.337 e. The van der Waals surface area contributed by atoms with Crippen LogP contribution in [0.15, 0.2) is 83.3 Å². The Labute approximate surface area is 202 Å². The second-order valence-electron chi connectivity index (χ2n) is 8.26. The first-order chi connectivity index (χ1) is 16.4. The van der Waals surface area contributed by atoms with E-state index >= 15 is 0 Å². The van der Waals surface area contributed by atoms with Gasteiger partial charge in [-0.3, -0.25) is 4.79 Å². The van der Waals surface area contributed by atoms with Crippen molar-refractivity contribution in [1.29, 1.82) is 0 Å². The first-order valence-electron chi connectivity index (χ1n) is 10.9. The lowest BCUT2D eigenvalue weighted by Crippen LogP contribution is -2.37. The highest BCUT2D eigenvalue weighted by Gasteiger charge is 2.33. The van der Waals surface area contributed by atoms with E-state index in [0.29, 0.717) is 26.1 Å². The summed E-state index contributed by atoms with van der Waals surface area (Å²) < 4.78 is 30.2. The van der Waals surface area contributed by atoms with Crippen molar-refractivity contribution in [1.82, 2.24) is 19.0 Å². The molecular weight excluding hydrogens is 468 g/mol. The number of aromatic nitrogens is 2. The largest absolute Gasteiger partial charge is 0.337 e. The number of fused-ring (bicyclic) bond motifs is 1. The Morgan fingerprint density at radius 3 is 2.59 bits per heavy atom. The van der Waals surface area contributed by atoms with Gasteiger partial charge in [0.1, 0.15) is 9.77 Å². The van der Waals surface area contributed by atoms with Crippen LogP contribution in [0.3, 0.4) is 0 Å². The maximum Gasteiger partial charge on any atom is 0.265 e. The Hall–Kier alpha value is -3.27. The standard InChI is InChI=1S/C25H24N4O3S2/c1-27(16-19-15-26-29(17-19)22-9-3-2-4-10-22)25(30)24-23(12-14-33-24)34(31,32)28-13-11-20-7-5-6-8-21(20)18-28/h2-10,12,14-15,17H,11,13,16,18H2,1H3. The maximum absolute atomic E-state index is 13.5. The van der Waals surface area contributed by atoms with Crippen molar-refractivity contribution in [2.24, 2.45) is 0 Å². The van der Waals surface area contributed by atoms with Crippen molar-refractivity contribution in [3.8, 4) is 5.69 Å². The van der Waals surface area contributed by atoms with Crippen LogP contribution in [0.4, 0.5) is 0 Å². The molecule has 0 fully saturated rings. The zero-order valence-corrected chi connectivity index (χ0v) is 20.3. The second-order valence-corrected chi connectivity index (χ2v) is 11.1. The van der Waals surface area contributed by atoms with Gasteiger partial charge in [0.05, 0.1) is 11.9 Å². The number of nitrogens with zero attached hydrogens (tertiary/aromatic N) is 4. The van der Waals surface area contributed by atoms with Gasteiger partial charge in [-0.05, 0) is 41.1 Å². The van der Waals surface area contributed by atoms with Crippen molar-refractivity contribution in [2.45, 2.75) is 24.4 Å². The Balaban J connectivity index is 1.33. The first-order valence-corrected chi connectivity index (χ1v) is 13.2. The molecule has 34 heavy (non-hydrogen) atoms. The van der Waals surface area contributed by atoms with Crippen LogP contribution in [0.25, 0.3) is 5.69 Å². The molecular formula is C25H24N4O3S2. The van der Waals surface area contributed by atoms with E-state index in [1.165, 1.54) is 20.8 Å². The molecule has 0 radical (unpaired) electrons. The molecule has 1 aliphatic rings. The molecule has 5 rings (SSSR count). The Morgan fingerprint density at radius 1 is 1.06 bits per heavy atom. The van der Waals surface area contributed by atoms with Crippen LogP contribution in [-0.2, 0) is 29.5 Å². The van der Waals surface area contributed by atoms with E-state index in [4.69, 9.17) is 0 Å². The average Bonchev–Trinajstić information content (AvgIpc) is 3.54. The number of hydrogen-bond acceptors (Lipinski definition) is 5. The quantitative estimate of drug-likeness (QED) is 0.408. The van der Waals surface area contributed by atoms with Crippen LogP contribution in [0.5, 0.6) is 0 Å². The number of amides is 1. The number of hydrogen-bond donors (Lipinski definition) is 0. The van der Waals surface area contributed by atoms with Gasteiger partial charge in [-0.1, -0.05) is 42.5 Å². The monoisotopic (exact) mass is 492 g/mol. The molecule has 9 heteroatoms. The first kappa shape index (κ1) is 22.5. The Kier molecular flexibility index (Phi) is 6.07. The predicted octanol–water partition coefficient (Wildman–Crippen LogP) is 3.95. The van der Waals surface area contributed by atoms with E-state index in [2.05, 4.69) is 5.10 Å². The summed E-state index contributed by atoms with van der Waals surface area (Å²) in [6.45, 7) is 1.04. The van der Waals surface area contributed by atoms with Gasteiger partial charge in [0, 0.05) is 38.4 Å². The fraction of sp³-hybridized carbons (Fsp3) is 0.200. The number of carbonyl (C=O) groups excluding carboxylic acids is 1. The lowest BCUT2D eigenvalue weighted by atomic mass is 10.0. The average molecular weight is 493 g/mol. The lowest BCUT2D eigenvalue weighted by Gasteiger charge is -2.28. The highest BCUT2D eigenvalue weighted by Crippen LogP contribution is 2.30. The third-order valence-electron chi connectivity index (χ3n) is 5.96. The van der Waals surface area contributed by atoms with Gasteiger partial charge < -0.3 is 4.90 Å². The van der Waals surface area contributed by atoms with Gasteiger partial charge in [-0.15, -0.1) is 11.3 Å². The topological polar surface area (TPSA) is 75.5 Å². The van der Waals surface area contributed by atoms with Crippen LogP contribution in [0.2, 0.25) is 0 Å². The minimum absolute atomic E-state index is 0.0775. The summed E-state index contributed by atoms with van der Waals surface area (Å²) in [6, 6.07) is 19.1. The van der Waals surface area contributed by atoms with Crippen LogP contribution in [0.1, 0.15) is 26.4 Å². The highest BCUT2D eigenvalue weighted by atomic mass is 32.2. The van der Waals surface area contributed by atoms with E-state index in [1.54, 1.807) is 23.3 Å². The van der Waals surface area contributed by atoms with E-state index in [0.717, 1.165) is 28.2 Å². The molecule has 0 saturated heterocycles. The van der Waals surface area contributed by atoms with Gasteiger partial charge in [0.25, 0.3) is 5.91 Å². The number of rotatable bonds is 6. The van der Waals surface area contributed by atoms with Crippen LogP contribution < -0.4 is 0 Å². The number of para-hydroxylation sites is 1. The van der Waals surface area contributed by atoms with Gasteiger partial charge in [-0.25, -0.2) is 13.1 Å². The van der Waals surface area contributed by atoms with E-state index in [-0.39, 0.29) is 15.7 Å². The normalized spacial score (nSPS) is 14.0. The van der Waals surface area contributed by atoms with Crippen molar-refractivity contribution >= 4 is 27.3 Å². The molecule has 0 N–H and O–H groups in total. The SMILES string of the molecule is CN(Cc1cnn(-c2ccccc2)c1)C(=O)c1sccc1S(=O)(=O)N1CCc2ccccc2C1. The smallest absolute Gasteiger partial charge is 0.265 e. The van der Waals surface area contributed by atoms with Crippen molar-refractivity contribution in [3.05, 3.63) is 100 Å². The zero-order valence-electron chi connectivity index (χ0n) is 18.7. The van der Waals surface area contributed by atoms with Crippen molar-refractivity contribution in [2.75, 3.05) is 13.6 Å². The summed E-state index contributed by atoms with van der Waals surface area (Å²) >= 11 is 1.16.